The number of nitrogens with one attached hydrogen (secondary N) is 1. The van der Waals surface area contributed by atoms with E-state index in [1.807, 2.05) is 18.2 Å². The number of Topliss-reactive ketones (excluding diaryl/α,β-unsaturated/α-hetero) is 1. The molecule has 0 aliphatic rings. The number of rotatable bonds is 15. The number of carbonyl (C=O) groups excluding carboxylic acids is 2. The summed E-state index contributed by atoms with van der Waals surface area (Å²) < 4.78 is 0. The Bertz CT molecular complexity index is 982. The zero-order chi connectivity index (χ0) is 25.8. The molecule has 0 saturated heterocycles. The molecule has 2 aromatic rings. The van der Waals surface area contributed by atoms with Gasteiger partial charge in [-0.25, -0.2) is 9.59 Å². The van der Waals surface area contributed by atoms with Gasteiger partial charge in [0.1, 0.15) is 0 Å². The van der Waals surface area contributed by atoms with Crippen LogP contribution in [0.3, 0.4) is 0 Å². The molecule has 0 aliphatic carbocycles. The van der Waals surface area contributed by atoms with Crippen LogP contribution in [0.5, 0.6) is 0 Å². The lowest BCUT2D eigenvalue weighted by atomic mass is 9.89. The van der Waals surface area contributed by atoms with Crippen molar-refractivity contribution in [3.63, 3.8) is 0 Å². The molecule has 0 bridgehead atoms. The number of amides is 1. The Labute approximate surface area is 206 Å². The molecule has 2 aromatic carbocycles. The van der Waals surface area contributed by atoms with Gasteiger partial charge in [-0.15, -0.1) is 0 Å². The first-order chi connectivity index (χ1) is 16.7. The highest BCUT2D eigenvalue weighted by Gasteiger charge is 2.48. The lowest BCUT2D eigenvalue weighted by Gasteiger charge is -2.28. The first-order valence-corrected chi connectivity index (χ1v) is 12.2. The van der Waals surface area contributed by atoms with E-state index in [9.17, 15) is 29.4 Å². The SMILES string of the molecule is CCC(CC)C(=O)NC(CCc1ccc(C(=O)CCCCc2ccccc2)cc1)(C(=O)O)C(=O)O. The van der Waals surface area contributed by atoms with E-state index in [0.717, 1.165) is 19.3 Å². The molecule has 0 atom stereocenters. The summed E-state index contributed by atoms with van der Waals surface area (Å²) in [5.74, 6) is -4.20. The fourth-order valence-electron chi connectivity index (χ4n) is 4.04. The first kappa shape index (κ1) is 27.8. The van der Waals surface area contributed by atoms with Crippen LogP contribution in [0.15, 0.2) is 54.6 Å². The molecule has 0 fully saturated rings. The van der Waals surface area contributed by atoms with Crippen LogP contribution >= 0.6 is 0 Å². The smallest absolute Gasteiger partial charge is 0.341 e. The topological polar surface area (TPSA) is 121 Å². The molecule has 0 aromatic heterocycles. The molecule has 3 N–H and O–H groups in total. The Kier molecular flexibility index (Phi) is 10.6. The van der Waals surface area contributed by atoms with Crippen LogP contribution in [0.25, 0.3) is 0 Å². The fourth-order valence-corrected chi connectivity index (χ4v) is 4.04. The lowest BCUT2D eigenvalue weighted by Crippen LogP contribution is -2.61. The predicted molar refractivity (Wildman–Crippen MR) is 133 cm³/mol. The second kappa shape index (κ2) is 13.4. The molecule has 7 heteroatoms. The summed E-state index contributed by atoms with van der Waals surface area (Å²) in [7, 11) is 0. The van der Waals surface area contributed by atoms with E-state index in [-0.39, 0.29) is 18.6 Å². The second-order valence-corrected chi connectivity index (χ2v) is 8.83. The quantitative estimate of drug-likeness (QED) is 0.193. The van der Waals surface area contributed by atoms with Gasteiger partial charge in [-0.1, -0.05) is 68.4 Å². The average molecular weight is 482 g/mol. The predicted octanol–water partition coefficient (Wildman–Crippen LogP) is 4.68. The maximum atomic E-state index is 12.5. The molecule has 7 nitrogen and oxygen atoms in total. The lowest BCUT2D eigenvalue weighted by molar-refractivity contribution is -0.162. The Hall–Kier alpha value is -3.48. The zero-order valence-corrected chi connectivity index (χ0v) is 20.5. The van der Waals surface area contributed by atoms with Crippen LogP contribution < -0.4 is 5.32 Å². The number of carboxylic acid groups (broad SMARTS) is 2. The van der Waals surface area contributed by atoms with Gasteiger partial charge in [0.2, 0.25) is 11.4 Å². The van der Waals surface area contributed by atoms with Gasteiger partial charge in [0, 0.05) is 17.9 Å². The summed E-state index contributed by atoms with van der Waals surface area (Å²) in [6, 6.07) is 16.9. The van der Waals surface area contributed by atoms with Crippen LogP contribution in [0.4, 0.5) is 0 Å². The first-order valence-electron chi connectivity index (χ1n) is 12.2. The van der Waals surface area contributed by atoms with E-state index in [1.54, 1.807) is 38.1 Å². The molecule has 0 aliphatic heterocycles. The normalized spacial score (nSPS) is 11.3. The highest BCUT2D eigenvalue weighted by Crippen LogP contribution is 2.20. The average Bonchev–Trinajstić information content (AvgIpc) is 2.85. The monoisotopic (exact) mass is 481 g/mol. The highest BCUT2D eigenvalue weighted by atomic mass is 16.4. The Morgan fingerprint density at radius 3 is 1.91 bits per heavy atom. The Morgan fingerprint density at radius 1 is 0.800 bits per heavy atom. The molecular formula is C28H35NO6. The largest absolute Gasteiger partial charge is 0.479 e. The van der Waals surface area contributed by atoms with Crippen molar-refractivity contribution in [1.29, 1.82) is 0 Å². The molecule has 0 heterocycles. The molecule has 0 radical (unpaired) electrons. The minimum Gasteiger partial charge on any atom is -0.479 e. The molecule has 1 amide bonds. The molecule has 2 rings (SSSR count). The summed E-state index contributed by atoms with van der Waals surface area (Å²) >= 11 is 0. The maximum Gasteiger partial charge on any atom is 0.341 e. The number of carbonyl (C=O) groups is 4. The van der Waals surface area contributed by atoms with Crippen molar-refractivity contribution in [2.45, 2.75) is 70.8 Å². The van der Waals surface area contributed by atoms with E-state index in [4.69, 9.17) is 0 Å². The number of aliphatic carboxylic acids is 2. The number of unbranched alkanes of at least 4 members (excludes halogenated alkanes) is 1. The van der Waals surface area contributed by atoms with E-state index in [0.29, 0.717) is 30.4 Å². The summed E-state index contributed by atoms with van der Waals surface area (Å²) in [4.78, 5) is 48.9. The number of carboxylic acids is 2. The highest BCUT2D eigenvalue weighted by molar-refractivity contribution is 6.06. The molecule has 188 valence electrons. The van der Waals surface area contributed by atoms with E-state index in [2.05, 4.69) is 17.4 Å². The standard InChI is InChI=1S/C28H35NO6/c1-3-22(4-2)25(31)29-28(26(32)33,27(34)35)19-18-21-14-16-23(17-15-21)24(30)13-9-8-12-20-10-6-5-7-11-20/h5-7,10-11,14-17,22H,3-4,8-9,12-13,18-19H2,1-2H3,(H,29,31)(H,32,33)(H,34,35). The van der Waals surface area contributed by atoms with Crippen LogP contribution in [-0.4, -0.2) is 39.4 Å². The number of hydrogen-bond donors (Lipinski definition) is 3. The number of ketones is 1. The van der Waals surface area contributed by atoms with Crippen molar-refractivity contribution in [2.75, 3.05) is 0 Å². The summed E-state index contributed by atoms with van der Waals surface area (Å²) in [6.07, 6.45) is 3.85. The van der Waals surface area contributed by atoms with Crippen LogP contribution in [-0.2, 0) is 27.2 Å². The van der Waals surface area contributed by atoms with Gasteiger partial charge in [-0.05, 0) is 56.1 Å². The van der Waals surface area contributed by atoms with Crippen LogP contribution in [0.2, 0.25) is 0 Å². The zero-order valence-electron chi connectivity index (χ0n) is 20.5. The number of benzene rings is 2. The Morgan fingerprint density at radius 2 is 1.37 bits per heavy atom. The third-order valence-electron chi connectivity index (χ3n) is 6.45. The van der Waals surface area contributed by atoms with Crippen molar-refractivity contribution in [1.82, 2.24) is 5.32 Å². The summed E-state index contributed by atoms with van der Waals surface area (Å²) in [5, 5.41) is 21.7. The number of hydrogen-bond acceptors (Lipinski definition) is 4. The molecule has 0 spiro atoms. The minimum absolute atomic E-state index is 0.0347. The van der Waals surface area contributed by atoms with E-state index in [1.165, 1.54) is 5.56 Å². The van der Waals surface area contributed by atoms with Crippen molar-refractivity contribution in [3.05, 3.63) is 71.3 Å². The van der Waals surface area contributed by atoms with Gasteiger partial charge < -0.3 is 15.5 Å². The number of aryl methyl sites for hydroxylation is 2. The molecular weight excluding hydrogens is 446 g/mol. The summed E-state index contributed by atoms with van der Waals surface area (Å²) in [5.41, 5.74) is 0.0964. The van der Waals surface area contributed by atoms with Gasteiger partial charge in [0.15, 0.2) is 5.78 Å². The van der Waals surface area contributed by atoms with Crippen molar-refractivity contribution in [3.8, 4) is 0 Å². The van der Waals surface area contributed by atoms with Crippen LogP contribution in [0.1, 0.15) is 73.9 Å². The van der Waals surface area contributed by atoms with Gasteiger partial charge in [0.25, 0.3) is 0 Å². The minimum atomic E-state index is -2.41. The van der Waals surface area contributed by atoms with Crippen molar-refractivity contribution in [2.24, 2.45) is 5.92 Å². The van der Waals surface area contributed by atoms with Gasteiger partial charge in [0.05, 0.1) is 0 Å². The van der Waals surface area contributed by atoms with Gasteiger partial charge in [-0.2, -0.15) is 0 Å². The maximum absolute atomic E-state index is 12.5. The third-order valence-corrected chi connectivity index (χ3v) is 6.45. The van der Waals surface area contributed by atoms with Gasteiger partial charge >= 0.3 is 11.9 Å². The Balaban J connectivity index is 1.96. The van der Waals surface area contributed by atoms with E-state index < -0.39 is 29.3 Å². The van der Waals surface area contributed by atoms with Crippen molar-refractivity contribution < 1.29 is 29.4 Å². The van der Waals surface area contributed by atoms with Crippen LogP contribution in [0, 0.1) is 5.92 Å². The second-order valence-electron chi connectivity index (χ2n) is 8.83. The molecule has 0 unspecified atom stereocenters. The summed E-state index contributed by atoms with van der Waals surface area (Å²) in [6.45, 7) is 3.59. The third kappa shape index (κ3) is 7.77. The molecule has 35 heavy (non-hydrogen) atoms. The molecule has 0 saturated carbocycles. The fraction of sp³-hybridized carbons (Fsp3) is 0.429. The van der Waals surface area contributed by atoms with Gasteiger partial charge in [-0.3, -0.25) is 9.59 Å². The van der Waals surface area contributed by atoms with E-state index >= 15 is 0 Å². The van der Waals surface area contributed by atoms with Crippen molar-refractivity contribution >= 4 is 23.6 Å².